The molecule has 22 heavy (non-hydrogen) atoms. The van der Waals surface area contributed by atoms with E-state index in [0.29, 0.717) is 0 Å². The zero-order valence-corrected chi connectivity index (χ0v) is 13.8. The molecule has 1 aromatic heterocycles. The second kappa shape index (κ2) is 8.27. The number of guanidine groups is 1. The Morgan fingerprint density at radius 2 is 1.77 bits per heavy atom. The van der Waals surface area contributed by atoms with Gasteiger partial charge in [-0.1, -0.05) is 31.2 Å². The molecule has 2 N–H and O–H groups in total. The van der Waals surface area contributed by atoms with E-state index in [1.54, 1.807) is 7.05 Å². The van der Waals surface area contributed by atoms with Crippen LogP contribution in [-0.2, 0) is 26.4 Å². The van der Waals surface area contributed by atoms with Crippen molar-refractivity contribution < 1.29 is 0 Å². The van der Waals surface area contributed by atoms with E-state index < -0.39 is 0 Å². The molecule has 1 aromatic carbocycles. The van der Waals surface area contributed by atoms with Crippen molar-refractivity contribution in [2.75, 3.05) is 13.6 Å². The molecule has 1 heterocycles. The van der Waals surface area contributed by atoms with Gasteiger partial charge in [-0.15, -0.1) is 0 Å². The van der Waals surface area contributed by atoms with E-state index in [2.05, 4.69) is 59.1 Å². The Morgan fingerprint density at radius 3 is 2.36 bits per heavy atom. The summed E-state index contributed by atoms with van der Waals surface area (Å²) in [5.74, 6) is 0.842. The third-order valence-corrected chi connectivity index (χ3v) is 3.71. The standard InChI is InChI=1S/C18H26N4/c1-4-15-5-7-16(8-6-15)9-11-20-18(19-2)21-13-17-10-12-22(3)14-17/h5-8,10,12,14H,4,9,11,13H2,1-3H3,(H2,19,20,21). The molecule has 0 bridgehead atoms. The van der Waals surface area contributed by atoms with Gasteiger partial charge < -0.3 is 15.2 Å². The first-order chi connectivity index (χ1) is 10.7. The van der Waals surface area contributed by atoms with Crippen molar-refractivity contribution in [3.8, 4) is 0 Å². The van der Waals surface area contributed by atoms with Crippen LogP contribution < -0.4 is 10.6 Å². The first-order valence-corrected chi connectivity index (χ1v) is 7.84. The molecule has 0 unspecified atom stereocenters. The van der Waals surface area contributed by atoms with Crippen LogP contribution in [0.2, 0.25) is 0 Å². The first kappa shape index (κ1) is 16.1. The second-order valence-corrected chi connectivity index (χ2v) is 5.46. The molecule has 0 amide bonds. The maximum absolute atomic E-state index is 4.26. The molecule has 2 rings (SSSR count). The summed E-state index contributed by atoms with van der Waals surface area (Å²) in [7, 11) is 3.83. The summed E-state index contributed by atoms with van der Waals surface area (Å²) in [6, 6.07) is 10.9. The molecular weight excluding hydrogens is 272 g/mol. The van der Waals surface area contributed by atoms with Crippen molar-refractivity contribution in [1.29, 1.82) is 0 Å². The molecule has 4 heteroatoms. The van der Waals surface area contributed by atoms with Gasteiger partial charge in [0.15, 0.2) is 5.96 Å². The van der Waals surface area contributed by atoms with Gasteiger partial charge in [0.1, 0.15) is 0 Å². The molecule has 0 aliphatic rings. The van der Waals surface area contributed by atoms with Crippen LogP contribution in [0.5, 0.6) is 0 Å². The van der Waals surface area contributed by atoms with Crippen molar-refractivity contribution in [3.05, 3.63) is 59.4 Å². The number of nitrogens with zero attached hydrogens (tertiary/aromatic N) is 2. The van der Waals surface area contributed by atoms with Crippen molar-refractivity contribution in [1.82, 2.24) is 15.2 Å². The van der Waals surface area contributed by atoms with Crippen molar-refractivity contribution >= 4 is 5.96 Å². The number of rotatable bonds is 6. The van der Waals surface area contributed by atoms with Gasteiger partial charge in [0.25, 0.3) is 0 Å². The molecule has 0 atom stereocenters. The van der Waals surface area contributed by atoms with Gasteiger partial charge in [-0.3, -0.25) is 4.99 Å². The topological polar surface area (TPSA) is 41.4 Å². The molecule has 118 valence electrons. The molecule has 0 fully saturated rings. The van der Waals surface area contributed by atoms with E-state index in [9.17, 15) is 0 Å². The molecule has 0 aliphatic carbocycles. The number of nitrogens with one attached hydrogen (secondary N) is 2. The predicted molar refractivity (Wildman–Crippen MR) is 93.1 cm³/mol. The Labute approximate surface area is 133 Å². The van der Waals surface area contributed by atoms with E-state index in [0.717, 1.165) is 31.9 Å². The summed E-state index contributed by atoms with van der Waals surface area (Å²) in [5.41, 5.74) is 3.99. The van der Waals surface area contributed by atoms with E-state index >= 15 is 0 Å². The van der Waals surface area contributed by atoms with E-state index in [4.69, 9.17) is 0 Å². The molecule has 0 aliphatic heterocycles. The first-order valence-electron chi connectivity index (χ1n) is 7.84. The average molecular weight is 298 g/mol. The summed E-state index contributed by atoms with van der Waals surface area (Å²) < 4.78 is 2.05. The highest BCUT2D eigenvalue weighted by atomic mass is 15.2. The van der Waals surface area contributed by atoms with Gasteiger partial charge in [-0.2, -0.15) is 0 Å². The average Bonchev–Trinajstić information content (AvgIpc) is 2.96. The van der Waals surface area contributed by atoms with Crippen LogP contribution in [0.1, 0.15) is 23.6 Å². The molecule has 0 saturated carbocycles. The molecule has 0 radical (unpaired) electrons. The molecule has 4 nitrogen and oxygen atoms in total. The highest BCUT2D eigenvalue weighted by molar-refractivity contribution is 5.79. The lowest BCUT2D eigenvalue weighted by molar-refractivity contribution is 0.792. The Morgan fingerprint density at radius 1 is 1.05 bits per heavy atom. The number of hydrogen-bond acceptors (Lipinski definition) is 1. The van der Waals surface area contributed by atoms with Gasteiger partial charge in [0, 0.05) is 39.6 Å². The van der Waals surface area contributed by atoms with Crippen LogP contribution in [-0.4, -0.2) is 24.1 Å². The number of hydrogen-bond donors (Lipinski definition) is 2. The minimum Gasteiger partial charge on any atom is -0.357 e. The third kappa shape index (κ3) is 4.95. The van der Waals surface area contributed by atoms with Crippen LogP contribution in [0.25, 0.3) is 0 Å². The molecule has 0 saturated heterocycles. The van der Waals surface area contributed by atoms with Crippen LogP contribution >= 0.6 is 0 Å². The normalized spacial score (nSPS) is 11.5. The van der Waals surface area contributed by atoms with Gasteiger partial charge in [0.05, 0.1) is 0 Å². The fraction of sp³-hybridized carbons (Fsp3) is 0.389. The molecular formula is C18H26N4. The van der Waals surface area contributed by atoms with E-state index in [1.165, 1.54) is 16.7 Å². The smallest absolute Gasteiger partial charge is 0.191 e. The fourth-order valence-corrected chi connectivity index (χ4v) is 2.34. The van der Waals surface area contributed by atoms with Crippen LogP contribution in [0.15, 0.2) is 47.7 Å². The maximum Gasteiger partial charge on any atom is 0.191 e. The van der Waals surface area contributed by atoms with Gasteiger partial charge in [-0.05, 0) is 35.6 Å². The third-order valence-electron chi connectivity index (χ3n) is 3.71. The summed E-state index contributed by atoms with van der Waals surface area (Å²) in [6.07, 6.45) is 6.24. The SMILES string of the molecule is CCc1ccc(CCNC(=NC)NCc2ccn(C)c2)cc1. The largest absolute Gasteiger partial charge is 0.357 e. The van der Waals surface area contributed by atoms with Crippen molar-refractivity contribution in [2.24, 2.45) is 12.0 Å². The Hall–Kier alpha value is -2.23. The Kier molecular flexibility index (Phi) is 6.07. The number of aromatic nitrogens is 1. The summed E-state index contributed by atoms with van der Waals surface area (Å²) in [6.45, 7) is 3.84. The highest BCUT2D eigenvalue weighted by Gasteiger charge is 2.00. The van der Waals surface area contributed by atoms with Crippen molar-refractivity contribution in [3.63, 3.8) is 0 Å². The molecule has 2 aromatic rings. The maximum atomic E-state index is 4.26. The monoisotopic (exact) mass is 298 g/mol. The lowest BCUT2D eigenvalue weighted by Crippen LogP contribution is -2.37. The van der Waals surface area contributed by atoms with Crippen LogP contribution in [0.3, 0.4) is 0 Å². The van der Waals surface area contributed by atoms with E-state index in [-0.39, 0.29) is 0 Å². The minimum atomic E-state index is 0.783. The molecule has 0 spiro atoms. The quantitative estimate of drug-likeness (QED) is 0.635. The van der Waals surface area contributed by atoms with Crippen molar-refractivity contribution in [2.45, 2.75) is 26.3 Å². The summed E-state index contributed by atoms with van der Waals surface area (Å²) in [4.78, 5) is 4.26. The van der Waals surface area contributed by atoms with Gasteiger partial charge in [-0.25, -0.2) is 0 Å². The lowest BCUT2D eigenvalue weighted by Gasteiger charge is -2.11. The zero-order valence-electron chi connectivity index (χ0n) is 13.8. The number of aryl methyl sites for hydroxylation is 2. The fourth-order valence-electron chi connectivity index (χ4n) is 2.34. The Balaban J connectivity index is 1.73. The van der Waals surface area contributed by atoms with Gasteiger partial charge >= 0.3 is 0 Å². The number of benzene rings is 1. The minimum absolute atomic E-state index is 0.783. The Bertz CT molecular complexity index is 596. The summed E-state index contributed by atoms with van der Waals surface area (Å²) >= 11 is 0. The van der Waals surface area contributed by atoms with Crippen LogP contribution in [0.4, 0.5) is 0 Å². The predicted octanol–water partition coefficient (Wildman–Crippen LogP) is 2.50. The zero-order chi connectivity index (χ0) is 15.8. The second-order valence-electron chi connectivity index (χ2n) is 5.46. The van der Waals surface area contributed by atoms with E-state index in [1.807, 2.05) is 17.8 Å². The lowest BCUT2D eigenvalue weighted by atomic mass is 10.1. The summed E-state index contributed by atoms with van der Waals surface area (Å²) in [5, 5.41) is 6.68. The van der Waals surface area contributed by atoms with Gasteiger partial charge in [0.2, 0.25) is 0 Å². The number of aliphatic imine (C=N–C) groups is 1. The highest BCUT2D eigenvalue weighted by Crippen LogP contribution is 2.05. The van der Waals surface area contributed by atoms with Crippen LogP contribution in [0, 0.1) is 0 Å².